The first-order chi connectivity index (χ1) is 14.9. The summed E-state index contributed by atoms with van der Waals surface area (Å²) in [5.41, 5.74) is 7.11. The Morgan fingerprint density at radius 1 is 0.935 bits per heavy atom. The van der Waals surface area contributed by atoms with Gasteiger partial charge in [0.05, 0.1) is 6.61 Å². The Bertz CT molecular complexity index is 1380. The van der Waals surface area contributed by atoms with E-state index in [1.807, 2.05) is 0 Å². The predicted molar refractivity (Wildman–Crippen MR) is 130 cm³/mol. The number of hydrogen-bond donors (Lipinski definition) is 0. The van der Waals surface area contributed by atoms with Crippen LogP contribution in [0.4, 0.5) is 5.69 Å². The highest BCUT2D eigenvalue weighted by molar-refractivity contribution is 6.08. The van der Waals surface area contributed by atoms with Crippen molar-refractivity contribution >= 4 is 33.6 Å². The molecule has 3 nitrogen and oxygen atoms in total. The van der Waals surface area contributed by atoms with Gasteiger partial charge in [0.15, 0.2) is 5.72 Å². The predicted octanol–water partition coefficient (Wildman–Crippen LogP) is 6.26. The molecule has 31 heavy (non-hydrogen) atoms. The summed E-state index contributed by atoms with van der Waals surface area (Å²) >= 11 is 0. The standard InChI is InChI=1S/C28H28N2O/c1-19(28-27(2,3)23-10-6-8-12-26(23)30(28)15-16-31-28)17-20-13-14-25-22(18-20)21-9-5-7-11-24(21)29(25)4/h5-14,17-18H,15-16H2,1-4H3. The minimum Gasteiger partial charge on any atom is -0.349 e. The Hall–Kier alpha value is -3.04. The molecule has 0 bridgehead atoms. The van der Waals surface area contributed by atoms with Crippen molar-refractivity contribution in [2.45, 2.75) is 31.9 Å². The lowest BCUT2D eigenvalue weighted by Gasteiger charge is -2.43. The molecule has 1 fully saturated rings. The van der Waals surface area contributed by atoms with Crippen LogP contribution in [0.25, 0.3) is 27.9 Å². The molecule has 1 atom stereocenters. The summed E-state index contributed by atoms with van der Waals surface area (Å²) in [6.07, 6.45) is 2.33. The molecule has 0 spiro atoms. The number of fused-ring (bicyclic) bond motifs is 6. The van der Waals surface area contributed by atoms with E-state index in [4.69, 9.17) is 4.74 Å². The van der Waals surface area contributed by atoms with Crippen molar-refractivity contribution in [1.82, 2.24) is 4.57 Å². The first-order valence-electron chi connectivity index (χ1n) is 11.1. The number of ether oxygens (including phenoxy) is 1. The summed E-state index contributed by atoms with van der Waals surface area (Å²) in [7, 11) is 2.15. The van der Waals surface area contributed by atoms with Crippen molar-refractivity contribution in [3.8, 4) is 0 Å². The van der Waals surface area contributed by atoms with Crippen LogP contribution in [0.3, 0.4) is 0 Å². The molecule has 2 aliphatic heterocycles. The SMILES string of the molecule is CC(=Cc1ccc2c(c1)c1ccccc1n2C)C12OCCN1c1ccccc1C2(C)C. The number of aromatic nitrogens is 1. The number of benzene rings is 3. The third-order valence-corrected chi connectivity index (χ3v) is 7.58. The minimum atomic E-state index is -0.440. The first-order valence-corrected chi connectivity index (χ1v) is 11.1. The van der Waals surface area contributed by atoms with Crippen LogP contribution in [0, 0.1) is 0 Å². The van der Waals surface area contributed by atoms with Crippen molar-refractivity contribution in [1.29, 1.82) is 0 Å². The molecule has 3 aromatic carbocycles. The summed E-state index contributed by atoms with van der Waals surface area (Å²) in [5.74, 6) is 0. The van der Waals surface area contributed by atoms with Crippen molar-refractivity contribution in [3.05, 3.63) is 83.4 Å². The third kappa shape index (κ3) is 2.27. The molecule has 1 unspecified atom stereocenters. The molecule has 0 radical (unpaired) electrons. The van der Waals surface area contributed by atoms with Crippen molar-refractivity contribution in [2.24, 2.45) is 7.05 Å². The average Bonchev–Trinajstić information content (AvgIpc) is 3.40. The van der Waals surface area contributed by atoms with E-state index in [9.17, 15) is 0 Å². The summed E-state index contributed by atoms with van der Waals surface area (Å²) < 4.78 is 8.89. The van der Waals surface area contributed by atoms with E-state index < -0.39 is 5.72 Å². The van der Waals surface area contributed by atoms with Crippen LogP contribution in [0.5, 0.6) is 0 Å². The monoisotopic (exact) mass is 408 g/mol. The Balaban J connectivity index is 1.51. The van der Waals surface area contributed by atoms with Gasteiger partial charge < -0.3 is 14.2 Å². The number of anilines is 1. The maximum atomic E-state index is 6.61. The van der Waals surface area contributed by atoms with Crippen molar-refractivity contribution < 1.29 is 4.74 Å². The third-order valence-electron chi connectivity index (χ3n) is 7.58. The molecule has 2 aliphatic rings. The van der Waals surface area contributed by atoms with Crippen LogP contribution in [0.15, 0.2) is 72.3 Å². The first kappa shape index (κ1) is 18.7. The number of hydrogen-bond acceptors (Lipinski definition) is 2. The van der Waals surface area contributed by atoms with E-state index in [0.717, 1.165) is 13.2 Å². The minimum absolute atomic E-state index is 0.135. The molecule has 1 saturated heterocycles. The van der Waals surface area contributed by atoms with Crippen LogP contribution in [-0.2, 0) is 17.2 Å². The Morgan fingerprint density at radius 2 is 1.68 bits per heavy atom. The Morgan fingerprint density at radius 3 is 2.55 bits per heavy atom. The summed E-state index contributed by atoms with van der Waals surface area (Å²) in [6.45, 7) is 8.56. The maximum absolute atomic E-state index is 6.61. The zero-order valence-electron chi connectivity index (χ0n) is 18.6. The van der Waals surface area contributed by atoms with Crippen LogP contribution < -0.4 is 4.90 Å². The van der Waals surface area contributed by atoms with E-state index >= 15 is 0 Å². The van der Waals surface area contributed by atoms with E-state index in [-0.39, 0.29) is 5.41 Å². The number of aryl methyl sites for hydroxylation is 1. The zero-order valence-corrected chi connectivity index (χ0v) is 18.6. The van der Waals surface area contributed by atoms with Crippen LogP contribution in [0.1, 0.15) is 31.9 Å². The van der Waals surface area contributed by atoms with Crippen LogP contribution in [0.2, 0.25) is 0 Å². The zero-order chi connectivity index (χ0) is 21.4. The van der Waals surface area contributed by atoms with Gasteiger partial charge in [-0.2, -0.15) is 0 Å². The quantitative estimate of drug-likeness (QED) is 0.389. The average molecular weight is 409 g/mol. The van der Waals surface area contributed by atoms with Crippen LogP contribution >= 0.6 is 0 Å². The van der Waals surface area contributed by atoms with Gasteiger partial charge in [0.2, 0.25) is 0 Å². The second kappa shape index (κ2) is 6.24. The molecule has 156 valence electrons. The van der Waals surface area contributed by atoms with E-state index in [0.29, 0.717) is 0 Å². The summed E-state index contributed by atoms with van der Waals surface area (Å²) in [4.78, 5) is 2.48. The number of para-hydroxylation sites is 2. The largest absolute Gasteiger partial charge is 0.349 e. The fourth-order valence-corrected chi connectivity index (χ4v) is 6.19. The van der Waals surface area contributed by atoms with Gasteiger partial charge >= 0.3 is 0 Å². The van der Waals surface area contributed by atoms with Gasteiger partial charge in [-0.05, 0) is 47.9 Å². The Labute approximate surface area is 183 Å². The molecule has 0 aliphatic carbocycles. The van der Waals surface area contributed by atoms with Gasteiger partial charge in [0.1, 0.15) is 0 Å². The smallest absolute Gasteiger partial charge is 0.172 e. The topological polar surface area (TPSA) is 17.4 Å². The maximum Gasteiger partial charge on any atom is 0.172 e. The van der Waals surface area contributed by atoms with Crippen LogP contribution in [-0.4, -0.2) is 23.4 Å². The normalized spacial score (nSPS) is 22.3. The van der Waals surface area contributed by atoms with Gasteiger partial charge in [0, 0.05) is 46.5 Å². The van der Waals surface area contributed by atoms with Gasteiger partial charge in [0.25, 0.3) is 0 Å². The molecule has 3 heterocycles. The molecule has 0 amide bonds. The fourth-order valence-electron chi connectivity index (χ4n) is 6.19. The molecule has 3 heteroatoms. The fraction of sp³-hybridized carbons (Fsp3) is 0.286. The number of nitrogens with zero attached hydrogens (tertiary/aromatic N) is 2. The van der Waals surface area contributed by atoms with Gasteiger partial charge in [-0.3, -0.25) is 0 Å². The van der Waals surface area contributed by atoms with E-state index in [2.05, 4.69) is 110 Å². The molecule has 0 saturated carbocycles. The molecule has 0 N–H and O–H groups in total. The van der Waals surface area contributed by atoms with Crippen molar-refractivity contribution in [2.75, 3.05) is 18.1 Å². The lowest BCUT2D eigenvalue weighted by molar-refractivity contribution is -0.00915. The van der Waals surface area contributed by atoms with Gasteiger partial charge in [-0.1, -0.05) is 62.4 Å². The summed E-state index contributed by atoms with van der Waals surface area (Å²) in [6, 6.07) is 24.2. The van der Waals surface area contributed by atoms with E-state index in [1.165, 1.54) is 44.2 Å². The second-order valence-corrected chi connectivity index (χ2v) is 9.47. The number of rotatable bonds is 2. The molecule has 6 rings (SSSR count). The molecular weight excluding hydrogens is 380 g/mol. The molecular formula is C28H28N2O. The lowest BCUT2D eigenvalue weighted by Crippen LogP contribution is -2.54. The molecule has 4 aromatic rings. The highest BCUT2D eigenvalue weighted by atomic mass is 16.5. The Kier molecular flexibility index (Phi) is 3.77. The summed E-state index contributed by atoms with van der Waals surface area (Å²) in [5, 5.41) is 2.61. The lowest BCUT2D eigenvalue weighted by atomic mass is 9.74. The van der Waals surface area contributed by atoms with E-state index in [1.54, 1.807) is 0 Å². The second-order valence-electron chi connectivity index (χ2n) is 9.47. The highest BCUT2D eigenvalue weighted by Gasteiger charge is 2.61. The van der Waals surface area contributed by atoms with Crippen molar-refractivity contribution in [3.63, 3.8) is 0 Å². The van der Waals surface area contributed by atoms with Gasteiger partial charge in [-0.25, -0.2) is 0 Å². The highest BCUT2D eigenvalue weighted by Crippen LogP contribution is 2.57. The van der Waals surface area contributed by atoms with Gasteiger partial charge in [-0.15, -0.1) is 0 Å². The molecule has 1 aromatic heterocycles.